The molecular formula is C15H14N4O2. The van der Waals surface area contributed by atoms with Crippen molar-refractivity contribution in [3.05, 3.63) is 30.0 Å². The molecule has 0 fully saturated rings. The van der Waals surface area contributed by atoms with Gasteiger partial charge in [0.1, 0.15) is 5.58 Å². The Hall–Kier alpha value is -2.99. The van der Waals surface area contributed by atoms with E-state index in [9.17, 15) is 4.79 Å². The highest BCUT2D eigenvalue weighted by Gasteiger charge is 2.19. The largest absolute Gasteiger partial charge is 0.451 e. The summed E-state index contributed by atoms with van der Waals surface area (Å²) in [5.41, 5.74) is 6.86. The van der Waals surface area contributed by atoms with E-state index in [-0.39, 0.29) is 37.6 Å². The van der Waals surface area contributed by atoms with Gasteiger partial charge in [0.05, 0.1) is 25.0 Å². The van der Waals surface area contributed by atoms with E-state index in [4.69, 9.17) is 20.7 Å². The molecule has 21 heavy (non-hydrogen) atoms. The van der Waals surface area contributed by atoms with Gasteiger partial charge in [0.2, 0.25) is 0 Å². The van der Waals surface area contributed by atoms with Crippen molar-refractivity contribution < 1.29 is 9.21 Å². The smallest absolute Gasteiger partial charge is 0.289 e. The number of rotatable bonds is 5. The number of anilines is 1. The molecule has 106 valence electrons. The van der Waals surface area contributed by atoms with Gasteiger partial charge in [-0.15, -0.1) is 0 Å². The predicted molar refractivity (Wildman–Crippen MR) is 77.0 cm³/mol. The highest BCUT2D eigenvalue weighted by atomic mass is 16.3. The summed E-state index contributed by atoms with van der Waals surface area (Å²) in [4.78, 5) is 13.8. The first-order valence-corrected chi connectivity index (χ1v) is 6.48. The number of amides is 1. The monoisotopic (exact) mass is 282 g/mol. The molecule has 0 aliphatic carbocycles. The number of hydrogen-bond donors (Lipinski definition) is 1. The topological polar surface area (TPSA) is 107 Å². The molecule has 0 aliphatic heterocycles. The van der Waals surface area contributed by atoms with Gasteiger partial charge in [-0.1, -0.05) is 0 Å². The maximum atomic E-state index is 12.4. The van der Waals surface area contributed by atoms with Gasteiger partial charge in [-0.3, -0.25) is 4.79 Å². The van der Waals surface area contributed by atoms with Crippen LogP contribution in [-0.4, -0.2) is 23.9 Å². The molecule has 2 aromatic rings. The van der Waals surface area contributed by atoms with Crippen molar-refractivity contribution >= 4 is 22.6 Å². The summed E-state index contributed by atoms with van der Waals surface area (Å²) in [6, 6.07) is 10.7. The van der Waals surface area contributed by atoms with Gasteiger partial charge in [-0.05, 0) is 24.3 Å². The third-order valence-electron chi connectivity index (χ3n) is 3.03. The van der Waals surface area contributed by atoms with Crippen LogP contribution in [-0.2, 0) is 0 Å². The maximum absolute atomic E-state index is 12.4. The maximum Gasteiger partial charge on any atom is 0.289 e. The van der Waals surface area contributed by atoms with Gasteiger partial charge in [0.15, 0.2) is 5.76 Å². The van der Waals surface area contributed by atoms with E-state index in [1.54, 1.807) is 24.3 Å². The third kappa shape index (κ3) is 3.31. The van der Waals surface area contributed by atoms with Gasteiger partial charge in [0, 0.05) is 24.2 Å². The first-order valence-electron chi connectivity index (χ1n) is 6.48. The van der Waals surface area contributed by atoms with E-state index >= 15 is 0 Å². The van der Waals surface area contributed by atoms with Gasteiger partial charge in [0.25, 0.3) is 5.91 Å². The molecule has 0 saturated carbocycles. The van der Waals surface area contributed by atoms with Crippen molar-refractivity contribution in [2.75, 3.05) is 18.8 Å². The summed E-state index contributed by atoms with van der Waals surface area (Å²) in [5.74, 6) is -0.137. The molecule has 2 rings (SSSR count). The predicted octanol–water partition coefficient (Wildman–Crippen LogP) is 2.28. The van der Waals surface area contributed by atoms with Gasteiger partial charge >= 0.3 is 0 Å². The Kier molecular flexibility index (Phi) is 4.43. The van der Waals surface area contributed by atoms with Crippen LogP contribution in [0.5, 0.6) is 0 Å². The van der Waals surface area contributed by atoms with Crippen molar-refractivity contribution in [2.24, 2.45) is 0 Å². The summed E-state index contributed by atoms with van der Waals surface area (Å²) in [6.45, 7) is 0.548. The Balaban J connectivity index is 2.25. The first kappa shape index (κ1) is 14.4. The SMILES string of the molecule is N#CCCN(CCC#N)C(=O)c1cc2cc(N)ccc2o1. The van der Waals surface area contributed by atoms with Crippen molar-refractivity contribution in [3.8, 4) is 12.1 Å². The van der Waals surface area contributed by atoms with Crippen LogP contribution in [0, 0.1) is 22.7 Å². The Morgan fingerprint density at radius 2 is 1.86 bits per heavy atom. The molecule has 0 bridgehead atoms. The number of nitrogens with two attached hydrogens (primary N) is 1. The second-order valence-corrected chi connectivity index (χ2v) is 4.52. The standard InChI is InChI=1S/C15H14N4O2/c16-5-1-7-19(8-2-6-17)15(20)14-10-11-9-12(18)3-4-13(11)21-14/h3-4,9-10H,1-2,7-8,18H2. The number of furan rings is 1. The quantitative estimate of drug-likeness (QED) is 0.846. The van der Waals surface area contributed by atoms with Gasteiger partial charge in [-0.2, -0.15) is 10.5 Å². The van der Waals surface area contributed by atoms with Gasteiger partial charge < -0.3 is 15.1 Å². The lowest BCUT2D eigenvalue weighted by molar-refractivity contribution is 0.0733. The molecule has 1 heterocycles. The molecule has 1 amide bonds. The molecule has 1 aromatic heterocycles. The van der Waals surface area contributed by atoms with E-state index in [1.165, 1.54) is 4.90 Å². The zero-order valence-electron chi connectivity index (χ0n) is 11.4. The Morgan fingerprint density at radius 1 is 1.19 bits per heavy atom. The van der Waals surface area contributed by atoms with Crippen molar-refractivity contribution in [1.29, 1.82) is 10.5 Å². The minimum Gasteiger partial charge on any atom is -0.451 e. The Bertz CT molecular complexity index is 718. The van der Waals surface area contributed by atoms with Crippen LogP contribution in [0.2, 0.25) is 0 Å². The molecule has 0 spiro atoms. The summed E-state index contributed by atoms with van der Waals surface area (Å²) in [7, 11) is 0. The fourth-order valence-electron chi connectivity index (χ4n) is 2.01. The number of benzene rings is 1. The van der Waals surface area contributed by atoms with E-state index in [0.717, 1.165) is 5.39 Å². The highest BCUT2D eigenvalue weighted by Crippen LogP contribution is 2.22. The minimum atomic E-state index is -0.324. The molecule has 0 saturated heterocycles. The van der Waals surface area contributed by atoms with Crippen LogP contribution in [0.1, 0.15) is 23.4 Å². The number of nitrogens with zero attached hydrogens (tertiary/aromatic N) is 3. The molecule has 1 aromatic carbocycles. The molecule has 2 N–H and O–H groups in total. The van der Waals surface area contributed by atoms with E-state index in [1.807, 2.05) is 12.1 Å². The van der Waals surface area contributed by atoms with E-state index in [0.29, 0.717) is 11.3 Å². The fourth-order valence-corrected chi connectivity index (χ4v) is 2.01. The lowest BCUT2D eigenvalue weighted by atomic mass is 10.2. The molecular weight excluding hydrogens is 268 g/mol. The molecule has 6 heteroatoms. The van der Waals surface area contributed by atoms with Crippen LogP contribution >= 0.6 is 0 Å². The minimum absolute atomic E-state index is 0.187. The van der Waals surface area contributed by atoms with Crippen LogP contribution in [0.15, 0.2) is 28.7 Å². The van der Waals surface area contributed by atoms with Crippen molar-refractivity contribution in [1.82, 2.24) is 4.90 Å². The molecule has 6 nitrogen and oxygen atoms in total. The summed E-state index contributed by atoms with van der Waals surface area (Å²) >= 11 is 0. The zero-order chi connectivity index (χ0) is 15.2. The van der Waals surface area contributed by atoms with Crippen LogP contribution in [0.25, 0.3) is 11.0 Å². The number of carbonyl (C=O) groups is 1. The first-order chi connectivity index (χ1) is 10.2. The van der Waals surface area contributed by atoms with Gasteiger partial charge in [-0.25, -0.2) is 0 Å². The number of nitrogen functional groups attached to an aromatic ring is 1. The molecule has 0 radical (unpaired) electrons. The van der Waals surface area contributed by atoms with Crippen molar-refractivity contribution in [3.63, 3.8) is 0 Å². The summed E-state index contributed by atoms with van der Waals surface area (Å²) in [6.07, 6.45) is 0.425. The number of carbonyl (C=O) groups excluding carboxylic acids is 1. The van der Waals surface area contributed by atoms with Crippen LogP contribution in [0.4, 0.5) is 5.69 Å². The van der Waals surface area contributed by atoms with Crippen LogP contribution in [0.3, 0.4) is 0 Å². The third-order valence-corrected chi connectivity index (χ3v) is 3.03. The zero-order valence-corrected chi connectivity index (χ0v) is 11.4. The number of hydrogen-bond acceptors (Lipinski definition) is 5. The molecule has 0 unspecified atom stereocenters. The Labute approximate surface area is 122 Å². The van der Waals surface area contributed by atoms with Crippen LogP contribution < -0.4 is 5.73 Å². The number of fused-ring (bicyclic) bond motifs is 1. The normalized spacial score (nSPS) is 10.0. The lowest BCUT2D eigenvalue weighted by Gasteiger charge is -2.18. The van der Waals surface area contributed by atoms with E-state index in [2.05, 4.69) is 0 Å². The average molecular weight is 282 g/mol. The molecule has 0 atom stereocenters. The van der Waals surface area contributed by atoms with E-state index < -0.39 is 0 Å². The second-order valence-electron chi connectivity index (χ2n) is 4.52. The second kappa shape index (κ2) is 6.44. The fraction of sp³-hybridized carbons (Fsp3) is 0.267. The number of nitriles is 2. The summed E-state index contributed by atoms with van der Waals surface area (Å²) in [5, 5.41) is 18.0. The lowest BCUT2D eigenvalue weighted by Crippen LogP contribution is -2.32. The molecule has 0 aliphatic rings. The Morgan fingerprint density at radius 3 is 2.48 bits per heavy atom. The van der Waals surface area contributed by atoms with Crippen molar-refractivity contribution in [2.45, 2.75) is 12.8 Å². The average Bonchev–Trinajstić information content (AvgIpc) is 2.89. The highest BCUT2D eigenvalue weighted by molar-refractivity contribution is 5.96. The summed E-state index contributed by atoms with van der Waals surface area (Å²) < 4.78 is 5.51.